The normalized spacial score (nSPS) is 11.2. The number of benzene rings is 1. The van der Waals surface area contributed by atoms with Crippen LogP contribution in [0.2, 0.25) is 5.02 Å². The monoisotopic (exact) mass is 475 g/mol. The van der Waals surface area contributed by atoms with Crippen molar-refractivity contribution in [2.45, 2.75) is 33.7 Å². The molecule has 0 spiro atoms. The number of aryl methyl sites for hydroxylation is 2. The van der Waals surface area contributed by atoms with Crippen LogP contribution in [0.5, 0.6) is 0 Å². The molecule has 0 unspecified atom stereocenters. The zero-order valence-electron chi connectivity index (χ0n) is 15.3. The van der Waals surface area contributed by atoms with Crippen molar-refractivity contribution in [2.75, 3.05) is 13.1 Å². The highest BCUT2D eigenvalue weighted by Gasteiger charge is 2.09. The lowest BCUT2D eigenvalue weighted by molar-refractivity contribution is 0.730. The predicted octanol–water partition coefficient (Wildman–Crippen LogP) is 3.61. The van der Waals surface area contributed by atoms with Gasteiger partial charge in [-0.1, -0.05) is 29.8 Å². The predicted molar refractivity (Wildman–Crippen MR) is 116 cm³/mol. The molecule has 2 N–H and O–H groups in total. The Labute approximate surface area is 172 Å². The standard InChI is InChI=1S/C18H26ClN5.HI/c1-5-20-18(21-11-10-15-8-6-7-9-17(15)19)22-12-16-13(2)23-24(4)14(16)3;/h6-9H,5,10-12H2,1-4H3,(H2,20,21,22);1H. The molecule has 138 valence electrons. The lowest BCUT2D eigenvalue weighted by Crippen LogP contribution is -2.38. The molecule has 0 radical (unpaired) electrons. The number of aromatic nitrogens is 2. The maximum Gasteiger partial charge on any atom is 0.191 e. The van der Waals surface area contributed by atoms with E-state index in [1.54, 1.807) is 0 Å². The molecule has 0 fully saturated rings. The number of hydrogen-bond donors (Lipinski definition) is 2. The third-order valence-electron chi connectivity index (χ3n) is 4.04. The minimum absolute atomic E-state index is 0. The first-order chi connectivity index (χ1) is 11.5. The molecular formula is C18H27ClIN5. The number of halogens is 2. The fourth-order valence-electron chi connectivity index (χ4n) is 2.56. The molecular weight excluding hydrogens is 449 g/mol. The number of aliphatic imine (C=N–C) groups is 1. The summed E-state index contributed by atoms with van der Waals surface area (Å²) < 4.78 is 1.90. The third kappa shape index (κ3) is 6.18. The van der Waals surface area contributed by atoms with Crippen molar-refractivity contribution in [2.24, 2.45) is 12.0 Å². The largest absolute Gasteiger partial charge is 0.357 e. The SMILES string of the molecule is CCNC(=NCc1c(C)nn(C)c1C)NCCc1ccccc1Cl.I. The zero-order chi connectivity index (χ0) is 17.5. The molecule has 0 aliphatic carbocycles. The van der Waals surface area contributed by atoms with Gasteiger partial charge in [0.15, 0.2) is 5.96 Å². The maximum absolute atomic E-state index is 6.20. The van der Waals surface area contributed by atoms with Crippen LogP contribution in [0, 0.1) is 13.8 Å². The van der Waals surface area contributed by atoms with Crippen LogP contribution in [0.1, 0.15) is 29.4 Å². The van der Waals surface area contributed by atoms with Gasteiger partial charge in [0.1, 0.15) is 0 Å². The maximum atomic E-state index is 6.20. The number of nitrogens with zero attached hydrogens (tertiary/aromatic N) is 3. The van der Waals surface area contributed by atoms with Crippen molar-refractivity contribution >= 4 is 41.5 Å². The average molecular weight is 476 g/mol. The Morgan fingerprint density at radius 3 is 2.56 bits per heavy atom. The van der Waals surface area contributed by atoms with Crippen LogP contribution in [0.25, 0.3) is 0 Å². The molecule has 0 aliphatic heterocycles. The van der Waals surface area contributed by atoms with Crippen molar-refractivity contribution in [1.82, 2.24) is 20.4 Å². The topological polar surface area (TPSA) is 54.2 Å². The van der Waals surface area contributed by atoms with Gasteiger partial charge in [-0.25, -0.2) is 4.99 Å². The number of guanidine groups is 1. The van der Waals surface area contributed by atoms with E-state index >= 15 is 0 Å². The van der Waals surface area contributed by atoms with Crippen LogP contribution in [0.15, 0.2) is 29.3 Å². The summed E-state index contributed by atoms with van der Waals surface area (Å²) in [6.07, 6.45) is 0.856. The first kappa shape index (κ1) is 21.8. The molecule has 2 rings (SSSR count). The number of hydrogen-bond acceptors (Lipinski definition) is 2. The Morgan fingerprint density at radius 1 is 1.24 bits per heavy atom. The Bertz CT molecular complexity index is 711. The smallest absolute Gasteiger partial charge is 0.191 e. The van der Waals surface area contributed by atoms with E-state index in [0.717, 1.165) is 47.4 Å². The Kier molecular flexibility index (Phi) is 9.27. The van der Waals surface area contributed by atoms with Crippen molar-refractivity contribution < 1.29 is 0 Å². The van der Waals surface area contributed by atoms with Gasteiger partial charge in [0.2, 0.25) is 0 Å². The van der Waals surface area contributed by atoms with Gasteiger partial charge < -0.3 is 10.6 Å². The Hall–Kier alpha value is -1.28. The first-order valence-electron chi connectivity index (χ1n) is 8.27. The molecule has 0 saturated heterocycles. The Balaban J connectivity index is 0.00000312. The number of rotatable bonds is 6. The van der Waals surface area contributed by atoms with Crippen LogP contribution in [0.4, 0.5) is 0 Å². The molecule has 1 aromatic heterocycles. The highest BCUT2D eigenvalue weighted by molar-refractivity contribution is 14.0. The van der Waals surface area contributed by atoms with Crippen LogP contribution in [-0.2, 0) is 20.0 Å². The van der Waals surface area contributed by atoms with E-state index in [2.05, 4.69) is 40.6 Å². The van der Waals surface area contributed by atoms with Crippen molar-refractivity contribution in [3.63, 3.8) is 0 Å². The van der Waals surface area contributed by atoms with Crippen molar-refractivity contribution in [3.05, 3.63) is 51.8 Å². The van der Waals surface area contributed by atoms with Crippen molar-refractivity contribution in [3.8, 4) is 0 Å². The Morgan fingerprint density at radius 2 is 1.96 bits per heavy atom. The van der Waals surface area contributed by atoms with Crippen LogP contribution >= 0.6 is 35.6 Å². The minimum atomic E-state index is 0. The van der Waals surface area contributed by atoms with E-state index in [9.17, 15) is 0 Å². The van der Waals surface area contributed by atoms with E-state index in [1.807, 2.05) is 36.9 Å². The second-order valence-corrected chi connectivity index (χ2v) is 6.14. The van der Waals surface area contributed by atoms with E-state index in [4.69, 9.17) is 11.6 Å². The molecule has 0 saturated carbocycles. The van der Waals surface area contributed by atoms with Gasteiger partial charge in [-0.2, -0.15) is 5.10 Å². The molecule has 1 heterocycles. The molecule has 2 aromatic rings. The van der Waals surface area contributed by atoms with Gasteiger partial charge in [0.05, 0.1) is 12.2 Å². The fraction of sp³-hybridized carbons (Fsp3) is 0.444. The third-order valence-corrected chi connectivity index (χ3v) is 4.41. The average Bonchev–Trinajstić information content (AvgIpc) is 2.79. The highest BCUT2D eigenvalue weighted by atomic mass is 127. The quantitative estimate of drug-likeness (QED) is 0.381. The molecule has 25 heavy (non-hydrogen) atoms. The second kappa shape index (κ2) is 10.7. The van der Waals surface area contributed by atoms with E-state index in [0.29, 0.717) is 6.54 Å². The summed E-state index contributed by atoms with van der Waals surface area (Å²) in [5, 5.41) is 11.9. The van der Waals surface area contributed by atoms with Crippen molar-refractivity contribution in [1.29, 1.82) is 0 Å². The van der Waals surface area contributed by atoms with Gasteiger partial charge in [0.25, 0.3) is 0 Å². The van der Waals surface area contributed by atoms with Crippen LogP contribution in [0.3, 0.4) is 0 Å². The van der Waals surface area contributed by atoms with Crippen LogP contribution in [-0.4, -0.2) is 28.8 Å². The summed E-state index contributed by atoms with van der Waals surface area (Å²) >= 11 is 6.20. The second-order valence-electron chi connectivity index (χ2n) is 5.74. The van der Waals surface area contributed by atoms with Crippen LogP contribution < -0.4 is 10.6 Å². The molecule has 0 amide bonds. The molecule has 1 aromatic carbocycles. The summed E-state index contributed by atoms with van der Waals surface area (Å²) in [6.45, 7) is 8.38. The van der Waals surface area contributed by atoms with E-state index in [-0.39, 0.29) is 24.0 Å². The molecule has 0 aliphatic rings. The summed E-state index contributed by atoms with van der Waals surface area (Å²) in [5.74, 6) is 0.812. The lowest BCUT2D eigenvalue weighted by Gasteiger charge is -2.12. The molecule has 5 nitrogen and oxygen atoms in total. The van der Waals surface area contributed by atoms with Gasteiger partial charge in [-0.3, -0.25) is 4.68 Å². The first-order valence-corrected chi connectivity index (χ1v) is 8.65. The zero-order valence-corrected chi connectivity index (χ0v) is 18.4. The summed E-state index contributed by atoms with van der Waals surface area (Å²) in [4.78, 5) is 4.68. The van der Waals surface area contributed by atoms with E-state index < -0.39 is 0 Å². The number of nitrogens with one attached hydrogen (secondary N) is 2. The lowest BCUT2D eigenvalue weighted by atomic mass is 10.1. The summed E-state index contributed by atoms with van der Waals surface area (Å²) in [7, 11) is 1.96. The van der Waals surface area contributed by atoms with Gasteiger partial charge in [-0.05, 0) is 38.8 Å². The van der Waals surface area contributed by atoms with Gasteiger partial charge >= 0.3 is 0 Å². The summed E-state index contributed by atoms with van der Waals surface area (Å²) in [5.41, 5.74) is 4.51. The molecule has 7 heteroatoms. The van der Waals surface area contributed by atoms with Gasteiger partial charge in [-0.15, -0.1) is 24.0 Å². The summed E-state index contributed by atoms with van der Waals surface area (Å²) in [6, 6.07) is 7.93. The van der Waals surface area contributed by atoms with E-state index in [1.165, 1.54) is 5.56 Å². The molecule has 0 bridgehead atoms. The molecule has 0 atom stereocenters. The highest BCUT2D eigenvalue weighted by Crippen LogP contribution is 2.15. The minimum Gasteiger partial charge on any atom is -0.357 e. The fourth-order valence-corrected chi connectivity index (χ4v) is 2.79. The van der Waals surface area contributed by atoms with Gasteiger partial charge in [0, 0.05) is 36.4 Å².